The minimum absolute atomic E-state index is 0.0694. The molecule has 3 heterocycles. The molecular formula is C39H48ClN5O9S. The first kappa shape index (κ1) is 40.0. The number of ether oxygens (including phenoxy) is 2. The van der Waals surface area contributed by atoms with E-state index in [0.29, 0.717) is 23.4 Å². The van der Waals surface area contributed by atoms with Crippen molar-refractivity contribution in [2.24, 2.45) is 5.92 Å². The molecule has 4 aliphatic rings. The highest BCUT2D eigenvalue weighted by atomic mass is 35.5. The van der Waals surface area contributed by atoms with Crippen LogP contribution in [-0.2, 0) is 47.0 Å². The van der Waals surface area contributed by atoms with E-state index in [9.17, 15) is 32.4 Å². The van der Waals surface area contributed by atoms with Crippen molar-refractivity contribution in [1.29, 1.82) is 0 Å². The van der Waals surface area contributed by atoms with Crippen molar-refractivity contribution in [3.05, 3.63) is 76.3 Å². The molecule has 3 aliphatic heterocycles. The summed E-state index contributed by atoms with van der Waals surface area (Å²) in [5.41, 5.74) is -0.324. The van der Waals surface area contributed by atoms with Crippen molar-refractivity contribution in [3.8, 4) is 0 Å². The summed E-state index contributed by atoms with van der Waals surface area (Å²) in [7, 11) is -4.31. The van der Waals surface area contributed by atoms with Crippen LogP contribution < -0.4 is 15.4 Å². The lowest BCUT2D eigenvalue weighted by Crippen LogP contribution is -2.58. The van der Waals surface area contributed by atoms with Crippen LogP contribution in [0.2, 0.25) is 5.02 Å². The minimum Gasteiger partial charge on any atom is -0.444 e. The maximum Gasteiger partial charge on any atom is 0.410 e. The molecule has 5 atom stereocenters. The molecule has 2 fully saturated rings. The Bertz CT molecular complexity index is 2000. The molecule has 0 radical (unpaired) electrons. The summed E-state index contributed by atoms with van der Waals surface area (Å²) in [4.78, 5) is 71.8. The van der Waals surface area contributed by atoms with Crippen molar-refractivity contribution >= 4 is 51.5 Å². The number of hydrogen-bond acceptors (Lipinski definition) is 9. The molecule has 296 valence electrons. The second kappa shape index (κ2) is 15.8. The standard InChI is InChI=1S/C39H48ClN5O9S/c1-24-13-10-11-18-32(24)55(51,52)43-35(48)39-20-26(39)15-8-6-5-7-9-17-30(41-36(49)54-38(2,3)4)34(47)45-22-27(19-31(45)33(46)42-39)53-37(50)44-21-25-14-12-16-29(40)28(25)23-44/h8,10-16,18,26-27,30-31H,5-7,9,17,19-23H2,1-4H3,(H,41,49)(H,42,46)(H,43,48)/b15-8-/t26-,27+,30-,31-,39-/m0/s1. The molecule has 2 aromatic carbocycles. The molecule has 0 spiro atoms. The van der Waals surface area contributed by atoms with E-state index in [4.69, 9.17) is 21.1 Å². The van der Waals surface area contributed by atoms with Gasteiger partial charge < -0.3 is 25.0 Å². The predicted octanol–water partition coefficient (Wildman–Crippen LogP) is 4.86. The van der Waals surface area contributed by atoms with E-state index in [-0.39, 0.29) is 43.8 Å². The molecule has 16 heteroatoms. The lowest BCUT2D eigenvalue weighted by atomic mass is 10.0. The Morgan fingerprint density at radius 1 is 1.02 bits per heavy atom. The average Bonchev–Trinajstić information content (AvgIpc) is 3.40. The Hall–Kier alpha value is -4.63. The Morgan fingerprint density at radius 3 is 2.51 bits per heavy atom. The fourth-order valence-corrected chi connectivity index (χ4v) is 9.01. The van der Waals surface area contributed by atoms with E-state index < -0.39 is 75.2 Å². The zero-order chi connectivity index (χ0) is 39.7. The van der Waals surface area contributed by atoms with Crippen molar-refractivity contribution < 1.29 is 41.9 Å². The number of halogens is 1. The second-order valence-electron chi connectivity index (χ2n) is 15.7. The molecule has 1 saturated carbocycles. The summed E-state index contributed by atoms with van der Waals surface area (Å²) in [6.07, 6.45) is 4.33. The van der Waals surface area contributed by atoms with Gasteiger partial charge in [-0.3, -0.25) is 19.3 Å². The van der Waals surface area contributed by atoms with Crippen LogP contribution in [0, 0.1) is 12.8 Å². The summed E-state index contributed by atoms with van der Waals surface area (Å²) in [6.45, 7) is 7.06. The summed E-state index contributed by atoms with van der Waals surface area (Å²) < 4.78 is 40.4. The fourth-order valence-electron chi connectivity index (χ4n) is 7.47. The van der Waals surface area contributed by atoms with Gasteiger partial charge in [0, 0.05) is 23.9 Å². The monoisotopic (exact) mass is 797 g/mol. The maximum absolute atomic E-state index is 14.4. The lowest BCUT2D eigenvalue weighted by molar-refractivity contribution is -0.141. The topological polar surface area (TPSA) is 181 Å². The minimum atomic E-state index is -4.31. The van der Waals surface area contributed by atoms with Gasteiger partial charge >= 0.3 is 12.2 Å². The first-order chi connectivity index (χ1) is 26.0. The van der Waals surface area contributed by atoms with Crippen LogP contribution in [-0.4, -0.2) is 84.0 Å². The normalized spacial score (nSPS) is 26.3. The van der Waals surface area contributed by atoms with Crippen molar-refractivity contribution in [1.82, 2.24) is 25.2 Å². The number of benzene rings is 2. The Labute approximate surface area is 326 Å². The van der Waals surface area contributed by atoms with Crippen LogP contribution in [0.5, 0.6) is 0 Å². The van der Waals surface area contributed by atoms with E-state index in [1.54, 1.807) is 58.0 Å². The lowest BCUT2D eigenvalue weighted by Gasteiger charge is -2.30. The number of alkyl carbamates (subject to hydrolysis) is 1. The molecule has 55 heavy (non-hydrogen) atoms. The second-order valence-corrected chi connectivity index (χ2v) is 17.8. The van der Waals surface area contributed by atoms with Crippen LogP contribution in [0.25, 0.3) is 0 Å². The van der Waals surface area contributed by atoms with Crippen LogP contribution in [0.4, 0.5) is 9.59 Å². The zero-order valence-electron chi connectivity index (χ0n) is 31.4. The molecule has 14 nitrogen and oxygen atoms in total. The van der Waals surface area contributed by atoms with Crippen molar-refractivity contribution in [2.45, 2.75) is 120 Å². The molecule has 0 bridgehead atoms. The van der Waals surface area contributed by atoms with E-state index in [0.717, 1.165) is 24.0 Å². The molecule has 5 amide bonds. The highest BCUT2D eigenvalue weighted by molar-refractivity contribution is 7.90. The molecule has 6 rings (SSSR count). The third kappa shape index (κ3) is 9.09. The summed E-state index contributed by atoms with van der Waals surface area (Å²) in [6, 6.07) is 9.36. The number of carbonyl (C=O) groups excluding carboxylic acids is 5. The highest BCUT2D eigenvalue weighted by Gasteiger charge is 2.62. The number of fused-ring (bicyclic) bond motifs is 3. The third-order valence-corrected chi connectivity index (χ3v) is 12.2. The first-order valence-corrected chi connectivity index (χ1v) is 20.5. The highest BCUT2D eigenvalue weighted by Crippen LogP contribution is 2.46. The number of aryl methyl sites for hydroxylation is 1. The fraction of sp³-hybridized carbons (Fsp3) is 0.513. The number of nitrogens with one attached hydrogen (secondary N) is 3. The van der Waals surface area contributed by atoms with Gasteiger partial charge in [0.1, 0.15) is 29.3 Å². The van der Waals surface area contributed by atoms with Crippen molar-refractivity contribution in [3.63, 3.8) is 0 Å². The third-order valence-electron chi connectivity index (χ3n) is 10.4. The number of sulfonamides is 1. The van der Waals surface area contributed by atoms with E-state index in [1.807, 2.05) is 18.2 Å². The van der Waals surface area contributed by atoms with Gasteiger partial charge in [-0.2, -0.15) is 0 Å². The summed E-state index contributed by atoms with van der Waals surface area (Å²) >= 11 is 6.37. The first-order valence-electron chi connectivity index (χ1n) is 18.6. The van der Waals surface area contributed by atoms with Gasteiger partial charge in [0.15, 0.2) is 0 Å². The number of rotatable bonds is 5. The molecule has 0 unspecified atom stereocenters. The number of nitrogens with zero attached hydrogens (tertiary/aromatic N) is 2. The Balaban J connectivity index is 1.27. The molecule has 3 N–H and O–H groups in total. The van der Waals surface area contributed by atoms with Gasteiger partial charge in [-0.05, 0) is 82.2 Å². The van der Waals surface area contributed by atoms with Gasteiger partial charge in [-0.15, -0.1) is 0 Å². The van der Waals surface area contributed by atoms with Crippen LogP contribution >= 0.6 is 11.6 Å². The number of hydrogen-bond donors (Lipinski definition) is 3. The predicted molar refractivity (Wildman–Crippen MR) is 202 cm³/mol. The summed E-state index contributed by atoms with van der Waals surface area (Å²) in [5.74, 6) is -2.72. The van der Waals surface area contributed by atoms with Gasteiger partial charge in [-0.1, -0.05) is 66.9 Å². The Morgan fingerprint density at radius 2 is 1.78 bits per heavy atom. The SMILES string of the molecule is Cc1ccccc1S(=O)(=O)NC(=O)[C@]12C[C@@H]1/C=C\CCCCC[C@H](NC(=O)OC(C)(C)C)C(=O)N1C[C@H](OC(=O)N3Cc4cccc(Cl)c4C3)C[C@H]1C(=O)N2. The molecular weight excluding hydrogens is 750 g/mol. The maximum atomic E-state index is 14.4. The van der Waals surface area contributed by atoms with Crippen LogP contribution in [0.3, 0.4) is 0 Å². The van der Waals surface area contributed by atoms with Crippen molar-refractivity contribution in [2.75, 3.05) is 6.54 Å². The van der Waals surface area contributed by atoms with E-state index in [2.05, 4.69) is 15.4 Å². The molecule has 2 aromatic rings. The molecule has 1 saturated heterocycles. The van der Waals surface area contributed by atoms with Gasteiger partial charge in [0.25, 0.3) is 15.9 Å². The smallest absolute Gasteiger partial charge is 0.410 e. The Kier molecular flexibility index (Phi) is 11.5. The number of allylic oxidation sites excluding steroid dienone is 1. The zero-order valence-corrected chi connectivity index (χ0v) is 33.0. The van der Waals surface area contributed by atoms with Gasteiger partial charge in [-0.25, -0.2) is 22.7 Å². The average molecular weight is 798 g/mol. The van der Waals surface area contributed by atoms with Gasteiger partial charge in [0.05, 0.1) is 18.0 Å². The molecule has 0 aromatic heterocycles. The van der Waals surface area contributed by atoms with E-state index >= 15 is 0 Å². The number of amides is 5. The van der Waals surface area contributed by atoms with Crippen LogP contribution in [0.15, 0.2) is 59.5 Å². The quantitative estimate of drug-likeness (QED) is 0.356. The van der Waals surface area contributed by atoms with Crippen LogP contribution in [0.1, 0.15) is 82.4 Å². The molecule has 1 aliphatic carbocycles. The largest absolute Gasteiger partial charge is 0.444 e. The number of carbonyl (C=O) groups is 5. The van der Waals surface area contributed by atoms with E-state index in [1.165, 1.54) is 15.9 Å². The van der Waals surface area contributed by atoms with Gasteiger partial charge in [0.2, 0.25) is 11.8 Å². The summed E-state index contributed by atoms with van der Waals surface area (Å²) in [5, 5.41) is 6.04.